The molecule has 116 valence electrons. The van der Waals surface area contributed by atoms with E-state index < -0.39 is 0 Å². The molecule has 0 unspecified atom stereocenters. The Kier molecular flexibility index (Phi) is 5.78. The summed E-state index contributed by atoms with van der Waals surface area (Å²) >= 11 is 6.08. The third-order valence-electron chi connectivity index (χ3n) is 3.63. The lowest BCUT2D eigenvalue weighted by atomic mass is 10.3. The molecule has 0 aliphatic carbocycles. The largest absolute Gasteiger partial charge is 0.381 e. The van der Waals surface area contributed by atoms with Crippen LogP contribution in [-0.4, -0.2) is 65.9 Å². The van der Waals surface area contributed by atoms with Crippen molar-refractivity contribution in [1.29, 1.82) is 0 Å². The van der Waals surface area contributed by atoms with E-state index in [4.69, 9.17) is 11.6 Å². The third-order valence-corrected chi connectivity index (χ3v) is 3.99. The average Bonchev–Trinajstić information content (AvgIpc) is 2.48. The average molecular weight is 312 g/mol. The van der Waals surface area contributed by atoms with Crippen LogP contribution in [0.1, 0.15) is 0 Å². The van der Waals surface area contributed by atoms with Crippen molar-refractivity contribution in [2.45, 2.75) is 6.54 Å². The Bertz CT molecular complexity index is 537. The van der Waals surface area contributed by atoms with Gasteiger partial charge in [-0.1, -0.05) is 17.7 Å². The normalized spacial score (nSPS) is 16.9. The molecule has 6 nitrogen and oxygen atoms in total. The lowest BCUT2D eigenvalue weighted by Gasteiger charge is -2.32. The van der Waals surface area contributed by atoms with Crippen molar-refractivity contribution in [3.63, 3.8) is 0 Å². The summed E-state index contributed by atoms with van der Waals surface area (Å²) in [5, 5.41) is 7.45. The molecule has 1 fully saturated rings. The maximum absolute atomic E-state index is 11.9. The molecule has 1 saturated heterocycles. The second-order valence-corrected chi connectivity index (χ2v) is 5.60. The Morgan fingerprint density at radius 1 is 1.43 bits per heavy atom. The minimum Gasteiger partial charge on any atom is -0.381 e. The van der Waals surface area contributed by atoms with Gasteiger partial charge in [0.2, 0.25) is 0 Å². The number of halogens is 1. The Balaban J connectivity index is 1.87. The second-order valence-electron chi connectivity index (χ2n) is 5.22. The van der Waals surface area contributed by atoms with Crippen LogP contribution in [0.4, 0.5) is 5.69 Å². The van der Waals surface area contributed by atoms with E-state index in [9.17, 15) is 4.79 Å². The number of likely N-dealkylation sites (N-methyl/N-ethyl adjacent to an activating group) is 1. The number of rotatable bonds is 6. The SMILES string of the molecule is C=CCn1ncc(NCCN2CCN(C)CC2)c(Cl)c1=O. The monoisotopic (exact) mass is 311 g/mol. The van der Waals surface area contributed by atoms with Gasteiger partial charge in [0, 0.05) is 39.3 Å². The summed E-state index contributed by atoms with van der Waals surface area (Å²) in [6, 6.07) is 0. The van der Waals surface area contributed by atoms with Gasteiger partial charge in [-0.3, -0.25) is 9.69 Å². The first-order valence-corrected chi connectivity index (χ1v) is 7.51. The van der Waals surface area contributed by atoms with Crippen LogP contribution in [0.3, 0.4) is 0 Å². The van der Waals surface area contributed by atoms with Gasteiger partial charge in [-0.2, -0.15) is 5.10 Å². The van der Waals surface area contributed by atoms with Gasteiger partial charge in [0.15, 0.2) is 0 Å². The summed E-state index contributed by atoms with van der Waals surface area (Å²) in [6.07, 6.45) is 3.21. The van der Waals surface area contributed by atoms with Gasteiger partial charge >= 0.3 is 0 Å². The first kappa shape index (κ1) is 16.0. The number of hydrogen-bond donors (Lipinski definition) is 1. The predicted octanol–water partition coefficient (Wildman–Crippen LogP) is 0.742. The van der Waals surface area contributed by atoms with Gasteiger partial charge in [-0.25, -0.2) is 4.68 Å². The van der Waals surface area contributed by atoms with Gasteiger partial charge in [-0.05, 0) is 7.05 Å². The van der Waals surface area contributed by atoms with E-state index in [1.54, 1.807) is 12.3 Å². The minimum absolute atomic E-state index is 0.185. The maximum Gasteiger partial charge on any atom is 0.287 e. The molecule has 0 radical (unpaired) electrons. The van der Waals surface area contributed by atoms with E-state index in [1.165, 1.54) is 4.68 Å². The summed E-state index contributed by atoms with van der Waals surface area (Å²) < 4.78 is 1.29. The Morgan fingerprint density at radius 2 is 2.14 bits per heavy atom. The van der Waals surface area contributed by atoms with Crippen molar-refractivity contribution in [2.75, 3.05) is 51.6 Å². The van der Waals surface area contributed by atoms with Crippen molar-refractivity contribution >= 4 is 17.3 Å². The smallest absolute Gasteiger partial charge is 0.287 e. The maximum atomic E-state index is 11.9. The highest BCUT2D eigenvalue weighted by molar-refractivity contribution is 6.32. The van der Waals surface area contributed by atoms with Gasteiger partial charge in [-0.15, -0.1) is 6.58 Å². The number of hydrogen-bond acceptors (Lipinski definition) is 5. The van der Waals surface area contributed by atoms with Crippen LogP contribution in [0.15, 0.2) is 23.6 Å². The minimum atomic E-state index is -0.291. The number of allylic oxidation sites excluding steroid dienone is 1. The van der Waals surface area contributed by atoms with Crippen molar-refractivity contribution in [1.82, 2.24) is 19.6 Å². The highest BCUT2D eigenvalue weighted by Gasteiger charge is 2.13. The molecule has 1 aliphatic rings. The molecule has 0 saturated carbocycles. The zero-order chi connectivity index (χ0) is 15.2. The number of nitrogens with one attached hydrogen (secondary N) is 1. The van der Waals surface area contributed by atoms with Crippen LogP contribution in [0.25, 0.3) is 0 Å². The summed E-state index contributed by atoms with van der Waals surface area (Å²) in [4.78, 5) is 16.7. The lowest BCUT2D eigenvalue weighted by molar-refractivity contribution is 0.158. The highest BCUT2D eigenvalue weighted by Crippen LogP contribution is 2.14. The molecule has 1 aromatic heterocycles. The molecule has 0 spiro atoms. The molecule has 7 heteroatoms. The summed E-state index contributed by atoms with van der Waals surface area (Å²) in [5.74, 6) is 0. The molecule has 21 heavy (non-hydrogen) atoms. The van der Waals surface area contributed by atoms with Crippen molar-refractivity contribution in [2.24, 2.45) is 0 Å². The Morgan fingerprint density at radius 3 is 2.81 bits per heavy atom. The van der Waals surface area contributed by atoms with E-state index in [1.807, 2.05) is 0 Å². The van der Waals surface area contributed by atoms with E-state index in [-0.39, 0.29) is 10.6 Å². The number of aromatic nitrogens is 2. The Labute approximate surface area is 130 Å². The van der Waals surface area contributed by atoms with Crippen LogP contribution in [-0.2, 0) is 6.54 Å². The van der Waals surface area contributed by atoms with E-state index in [0.717, 1.165) is 39.3 Å². The zero-order valence-electron chi connectivity index (χ0n) is 12.4. The third kappa shape index (κ3) is 4.30. The molecule has 0 atom stereocenters. The summed E-state index contributed by atoms with van der Waals surface area (Å²) in [6.45, 7) is 9.97. The molecular formula is C14H22ClN5O. The van der Waals surface area contributed by atoms with Gasteiger partial charge in [0.25, 0.3) is 5.56 Å². The number of anilines is 1. The molecule has 2 heterocycles. The van der Waals surface area contributed by atoms with E-state index in [0.29, 0.717) is 12.2 Å². The first-order valence-electron chi connectivity index (χ1n) is 7.13. The molecule has 1 aliphatic heterocycles. The van der Waals surface area contributed by atoms with Crippen LogP contribution >= 0.6 is 11.6 Å². The molecule has 0 bridgehead atoms. The van der Waals surface area contributed by atoms with Crippen LogP contribution in [0, 0.1) is 0 Å². The van der Waals surface area contributed by atoms with Crippen LogP contribution in [0.5, 0.6) is 0 Å². The molecule has 1 aromatic rings. The fraction of sp³-hybridized carbons (Fsp3) is 0.571. The Hall–Kier alpha value is -1.37. The van der Waals surface area contributed by atoms with Crippen molar-refractivity contribution in [3.8, 4) is 0 Å². The molecule has 1 N–H and O–H groups in total. The molecule has 2 rings (SSSR count). The van der Waals surface area contributed by atoms with Crippen molar-refractivity contribution in [3.05, 3.63) is 34.2 Å². The van der Waals surface area contributed by atoms with Crippen LogP contribution < -0.4 is 10.9 Å². The quantitative estimate of drug-likeness (QED) is 0.786. The topological polar surface area (TPSA) is 53.4 Å². The van der Waals surface area contributed by atoms with Gasteiger partial charge in [0.1, 0.15) is 5.02 Å². The fourth-order valence-electron chi connectivity index (χ4n) is 2.26. The number of piperazine rings is 1. The van der Waals surface area contributed by atoms with E-state index >= 15 is 0 Å². The standard InChI is InChI=1S/C14H22ClN5O/c1-3-5-20-14(21)13(15)12(11-17-20)16-4-6-19-9-7-18(2)8-10-19/h3,11,16H,1,4-10H2,2H3. The first-order chi connectivity index (χ1) is 10.1. The van der Waals surface area contributed by atoms with Crippen LogP contribution in [0.2, 0.25) is 5.02 Å². The van der Waals surface area contributed by atoms with E-state index in [2.05, 4.69) is 33.8 Å². The molecule has 0 amide bonds. The summed E-state index contributed by atoms with van der Waals surface area (Å²) in [7, 11) is 2.14. The number of nitrogens with zero attached hydrogens (tertiary/aromatic N) is 4. The highest BCUT2D eigenvalue weighted by atomic mass is 35.5. The lowest BCUT2D eigenvalue weighted by Crippen LogP contribution is -2.45. The predicted molar refractivity (Wildman–Crippen MR) is 86.1 cm³/mol. The fourth-order valence-corrected chi connectivity index (χ4v) is 2.47. The summed E-state index contributed by atoms with van der Waals surface area (Å²) in [5.41, 5.74) is 0.303. The zero-order valence-corrected chi connectivity index (χ0v) is 13.1. The second kappa shape index (κ2) is 7.59. The van der Waals surface area contributed by atoms with Crippen molar-refractivity contribution < 1.29 is 0 Å². The molecular weight excluding hydrogens is 290 g/mol. The van der Waals surface area contributed by atoms with Gasteiger partial charge < -0.3 is 10.2 Å². The van der Waals surface area contributed by atoms with Gasteiger partial charge in [0.05, 0.1) is 18.4 Å². The molecule has 0 aromatic carbocycles.